The first kappa shape index (κ1) is 20.9. The van der Waals surface area contributed by atoms with Gasteiger partial charge in [-0.1, -0.05) is 12.1 Å². The van der Waals surface area contributed by atoms with Gasteiger partial charge in [-0.15, -0.1) is 0 Å². The number of benzene rings is 1. The fraction of sp³-hybridized carbons (Fsp3) is 0.682. The first-order chi connectivity index (χ1) is 13.7. The van der Waals surface area contributed by atoms with Gasteiger partial charge in [0.2, 0.25) is 0 Å². The minimum atomic E-state index is 0.353. The highest BCUT2D eigenvalue weighted by Gasteiger charge is 2.26. The zero-order chi connectivity index (χ0) is 19.8. The third-order valence-corrected chi connectivity index (χ3v) is 5.89. The summed E-state index contributed by atoms with van der Waals surface area (Å²) >= 11 is 0. The number of hydrogen-bond donors (Lipinski definition) is 1. The van der Waals surface area contributed by atoms with Crippen LogP contribution >= 0.6 is 0 Å². The Bertz CT molecular complexity index is 605. The predicted octanol–water partition coefficient (Wildman–Crippen LogP) is 2.91. The average Bonchev–Trinajstić information content (AvgIpc) is 3.27. The lowest BCUT2D eigenvalue weighted by molar-refractivity contribution is 0.0263. The van der Waals surface area contributed by atoms with Crippen LogP contribution in [0.2, 0.25) is 0 Å². The van der Waals surface area contributed by atoms with Gasteiger partial charge in [0, 0.05) is 33.3 Å². The van der Waals surface area contributed by atoms with E-state index in [-0.39, 0.29) is 0 Å². The van der Waals surface area contributed by atoms with Gasteiger partial charge < -0.3 is 19.7 Å². The number of nitrogens with zero attached hydrogens (tertiary/aromatic N) is 3. The van der Waals surface area contributed by atoms with Gasteiger partial charge in [0.05, 0.1) is 19.3 Å². The molecule has 0 aliphatic carbocycles. The SMILES string of the molecule is CCOC1CCN(C(=NC)NCC(c2ccc(OC)cc2)N2CCCC2)CC1. The van der Waals surface area contributed by atoms with Crippen LogP contribution in [0.5, 0.6) is 5.75 Å². The van der Waals surface area contributed by atoms with Gasteiger partial charge >= 0.3 is 0 Å². The Kier molecular flexibility index (Phi) is 7.98. The second kappa shape index (κ2) is 10.7. The minimum absolute atomic E-state index is 0.353. The van der Waals surface area contributed by atoms with E-state index >= 15 is 0 Å². The highest BCUT2D eigenvalue weighted by Crippen LogP contribution is 2.26. The van der Waals surface area contributed by atoms with Crippen LogP contribution in [0.3, 0.4) is 0 Å². The average molecular weight is 389 g/mol. The first-order valence-corrected chi connectivity index (χ1v) is 10.7. The third-order valence-electron chi connectivity index (χ3n) is 5.89. The lowest BCUT2D eigenvalue weighted by Gasteiger charge is -2.35. The summed E-state index contributed by atoms with van der Waals surface area (Å²) in [6.07, 6.45) is 5.11. The number of guanidine groups is 1. The second-order valence-corrected chi connectivity index (χ2v) is 7.60. The number of likely N-dealkylation sites (tertiary alicyclic amines) is 2. The topological polar surface area (TPSA) is 49.3 Å². The molecule has 2 heterocycles. The molecule has 6 nitrogen and oxygen atoms in total. The molecule has 3 rings (SSSR count). The molecular weight excluding hydrogens is 352 g/mol. The lowest BCUT2D eigenvalue weighted by atomic mass is 10.1. The quantitative estimate of drug-likeness (QED) is 0.575. The van der Waals surface area contributed by atoms with E-state index in [2.05, 4.69) is 51.3 Å². The van der Waals surface area contributed by atoms with Gasteiger partial charge in [0.15, 0.2) is 5.96 Å². The molecule has 1 unspecified atom stereocenters. The van der Waals surface area contributed by atoms with Gasteiger partial charge in [-0.2, -0.15) is 0 Å². The van der Waals surface area contributed by atoms with Crippen LogP contribution in [0.25, 0.3) is 0 Å². The van der Waals surface area contributed by atoms with Crippen molar-refractivity contribution in [2.24, 2.45) is 4.99 Å². The summed E-state index contributed by atoms with van der Waals surface area (Å²) in [6, 6.07) is 8.86. The van der Waals surface area contributed by atoms with Gasteiger partial charge in [-0.05, 0) is 63.4 Å². The number of nitrogens with one attached hydrogen (secondary N) is 1. The molecule has 0 aromatic heterocycles. The minimum Gasteiger partial charge on any atom is -0.497 e. The molecule has 6 heteroatoms. The standard InChI is InChI=1S/C22H36N4O2/c1-4-28-20-11-15-26(16-12-20)22(23-2)24-17-21(25-13-5-6-14-25)18-7-9-19(27-3)10-8-18/h7-10,20-21H,4-6,11-17H2,1-3H3,(H,23,24). The van der Waals surface area contributed by atoms with Gasteiger partial charge in [0.1, 0.15) is 5.75 Å². The highest BCUT2D eigenvalue weighted by molar-refractivity contribution is 5.80. The summed E-state index contributed by atoms with van der Waals surface area (Å²) in [4.78, 5) is 9.51. The molecule has 156 valence electrons. The van der Waals surface area contributed by atoms with Crippen LogP contribution in [0, 0.1) is 0 Å². The Morgan fingerprint density at radius 2 is 1.82 bits per heavy atom. The van der Waals surface area contributed by atoms with Crippen LogP contribution in [0.4, 0.5) is 0 Å². The normalized spacial score (nSPS) is 20.4. The van der Waals surface area contributed by atoms with Crippen molar-refractivity contribution >= 4 is 5.96 Å². The summed E-state index contributed by atoms with van der Waals surface area (Å²) in [5, 5.41) is 3.65. The molecule has 1 N–H and O–H groups in total. The van der Waals surface area contributed by atoms with E-state index < -0.39 is 0 Å². The van der Waals surface area contributed by atoms with Crippen molar-refractivity contribution in [1.82, 2.24) is 15.1 Å². The molecule has 28 heavy (non-hydrogen) atoms. The van der Waals surface area contributed by atoms with Crippen LogP contribution in [-0.4, -0.2) is 75.4 Å². The Morgan fingerprint density at radius 1 is 1.14 bits per heavy atom. The van der Waals surface area contributed by atoms with E-state index in [4.69, 9.17) is 9.47 Å². The summed E-state index contributed by atoms with van der Waals surface area (Å²) in [5.74, 6) is 1.91. The van der Waals surface area contributed by atoms with E-state index in [1.165, 1.54) is 18.4 Å². The number of aliphatic imine (C=N–C) groups is 1. The number of piperidine rings is 1. The highest BCUT2D eigenvalue weighted by atomic mass is 16.5. The van der Waals surface area contributed by atoms with Crippen LogP contribution < -0.4 is 10.1 Å². The molecule has 0 spiro atoms. The molecule has 1 aromatic rings. The summed E-state index contributed by atoms with van der Waals surface area (Å²) in [5.41, 5.74) is 1.33. The van der Waals surface area contributed by atoms with Crippen LogP contribution in [0.1, 0.15) is 44.2 Å². The van der Waals surface area contributed by atoms with Crippen LogP contribution in [0.15, 0.2) is 29.3 Å². The summed E-state index contributed by atoms with van der Waals surface area (Å²) in [6.45, 7) is 8.07. The molecule has 2 saturated heterocycles. The number of ether oxygens (including phenoxy) is 2. The fourth-order valence-corrected chi connectivity index (χ4v) is 4.33. The van der Waals surface area contributed by atoms with Crippen molar-refractivity contribution < 1.29 is 9.47 Å². The zero-order valence-electron chi connectivity index (χ0n) is 17.7. The number of methoxy groups -OCH3 is 1. The smallest absolute Gasteiger partial charge is 0.193 e. The largest absolute Gasteiger partial charge is 0.497 e. The molecule has 1 aromatic carbocycles. The van der Waals surface area contributed by atoms with E-state index in [1.54, 1.807) is 7.11 Å². The van der Waals surface area contributed by atoms with Crippen molar-refractivity contribution in [3.05, 3.63) is 29.8 Å². The van der Waals surface area contributed by atoms with E-state index in [0.717, 1.165) is 63.9 Å². The summed E-state index contributed by atoms with van der Waals surface area (Å²) in [7, 11) is 3.60. The summed E-state index contributed by atoms with van der Waals surface area (Å²) < 4.78 is 11.1. The Labute approximate surface area is 169 Å². The van der Waals surface area contributed by atoms with Crippen molar-refractivity contribution in [1.29, 1.82) is 0 Å². The molecule has 2 aliphatic heterocycles. The molecule has 2 fully saturated rings. The maximum Gasteiger partial charge on any atom is 0.193 e. The van der Waals surface area contributed by atoms with E-state index in [1.807, 2.05) is 7.05 Å². The predicted molar refractivity (Wildman–Crippen MR) is 114 cm³/mol. The fourth-order valence-electron chi connectivity index (χ4n) is 4.33. The zero-order valence-corrected chi connectivity index (χ0v) is 17.7. The maximum absolute atomic E-state index is 5.78. The van der Waals surface area contributed by atoms with Gasteiger partial charge in [0.25, 0.3) is 0 Å². The Morgan fingerprint density at radius 3 is 2.39 bits per heavy atom. The van der Waals surface area contributed by atoms with Crippen LogP contribution in [-0.2, 0) is 4.74 Å². The van der Waals surface area contributed by atoms with E-state index in [9.17, 15) is 0 Å². The molecule has 0 saturated carbocycles. The van der Waals surface area contributed by atoms with Crippen molar-refractivity contribution in [3.8, 4) is 5.75 Å². The number of hydrogen-bond acceptors (Lipinski definition) is 4. The molecule has 1 atom stereocenters. The Hall–Kier alpha value is -1.79. The molecule has 0 amide bonds. The molecule has 0 bridgehead atoms. The molecular formula is C22H36N4O2. The van der Waals surface area contributed by atoms with Gasteiger partial charge in [-0.3, -0.25) is 9.89 Å². The maximum atomic E-state index is 5.78. The van der Waals surface area contributed by atoms with Crippen molar-refractivity contribution in [2.45, 2.75) is 44.8 Å². The monoisotopic (exact) mass is 388 g/mol. The second-order valence-electron chi connectivity index (χ2n) is 7.60. The van der Waals surface area contributed by atoms with Crippen molar-refractivity contribution in [2.75, 3.05) is 53.5 Å². The lowest BCUT2D eigenvalue weighted by Crippen LogP contribution is -2.48. The Balaban J connectivity index is 1.61. The molecule has 2 aliphatic rings. The molecule has 0 radical (unpaired) electrons. The van der Waals surface area contributed by atoms with E-state index in [0.29, 0.717) is 12.1 Å². The first-order valence-electron chi connectivity index (χ1n) is 10.7. The van der Waals surface area contributed by atoms with Gasteiger partial charge in [-0.25, -0.2) is 0 Å². The third kappa shape index (κ3) is 5.39. The van der Waals surface area contributed by atoms with Crippen molar-refractivity contribution in [3.63, 3.8) is 0 Å². The number of rotatable bonds is 7.